The van der Waals surface area contributed by atoms with Crippen LogP contribution in [0.2, 0.25) is 5.02 Å². The first-order valence-electron chi connectivity index (χ1n) is 9.40. The van der Waals surface area contributed by atoms with Gasteiger partial charge in [-0.2, -0.15) is 0 Å². The minimum Gasteiger partial charge on any atom is -0.495 e. The van der Waals surface area contributed by atoms with E-state index in [1.807, 2.05) is 0 Å². The predicted octanol–water partition coefficient (Wildman–Crippen LogP) is 4.47. The van der Waals surface area contributed by atoms with Crippen molar-refractivity contribution in [2.45, 2.75) is 19.4 Å². The normalized spacial score (nSPS) is 11.2. The van der Waals surface area contributed by atoms with E-state index in [4.69, 9.17) is 16.3 Å². The van der Waals surface area contributed by atoms with E-state index >= 15 is 0 Å². The maximum atomic E-state index is 13.9. The quantitative estimate of drug-likeness (QED) is 0.493. The average Bonchev–Trinajstić information content (AvgIpc) is 3.21. The molecule has 4 aromatic rings. The molecule has 1 amide bonds. The first-order valence-corrected chi connectivity index (χ1v) is 9.78. The second kappa shape index (κ2) is 8.20. The van der Waals surface area contributed by atoms with Gasteiger partial charge in [-0.25, -0.2) is 4.39 Å². The van der Waals surface area contributed by atoms with Crippen molar-refractivity contribution in [2.75, 3.05) is 12.4 Å². The molecule has 0 fully saturated rings. The summed E-state index contributed by atoms with van der Waals surface area (Å²) in [5.41, 5.74) is 1.97. The Balaban J connectivity index is 1.54. The molecule has 30 heavy (non-hydrogen) atoms. The number of rotatable bonds is 6. The standard InChI is InChI=1S/C22H19ClFN3O3/c1-30-20-9-6-14(23)12-16(20)25-21(28)5-3-11-27-19-13-15(24)7-8-17(19)26-10-2-4-18(26)22(27)29/h2,4,6-10,12-13H,3,5,11H2,1H3,(H,25,28). The van der Waals surface area contributed by atoms with Crippen molar-refractivity contribution in [2.24, 2.45) is 0 Å². The van der Waals surface area contributed by atoms with Gasteiger partial charge in [-0.15, -0.1) is 0 Å². The number of ether oxygens (including phenoxy) is 1. The number of benzene rings is 2. The van der Waals surface area contributed by atoms with Crippen molar-refractivity contribution in [3.8, 4) is 5.75 Å². The van der Waals surface area contributed by atoms with E-state index in [0.717, 1.165) is 5.52 Å². The molecule has 2 heterocycles. The Bertz CT molecular complexity index is 1310. The van der Waals surface area contributed by atoms with Crippen molar-refractivity contribution in [1.29, 1.82) is 0 Å². The van der Waals surface area contributed by atoms with Crippen LogP contribution in [0, 0.1) is 5.82 Å². The molecule has 8 heteroatoms. The Kier molecular flexibility index (Phi) is 5.46. The van der Waals surface area contributed by atoms with E-state index < -0.39 is 5.82 Å². The Morgan fingerprint density at radius 3 is 2.77 bits per heavy atom. The van der Waals surface area contributed by atoms with Gasteiger partial charge in [-0.05, 0) is 55.0 Å². The molecule has 0 saturated heterocycles. The zero-order valence-corrected chi connectivity index (χ0v) is 16.9. The van der Waals surface area contributed by atoms with Crippen molar-refractivity contribution in [3.63, 3.8) is 0 Å². The van der Waals surface area contributed by atoms with Crippen molar-refractivity contribution < 1.29 is 13.9 Å². The molecule has 0 aliphatic heterocycles. The van der Waals surface area contributed by atoms with Gasteiger partial charge < -0.3 is 19.0 Å². The average molecular weight is 428 g/mol. The molecule has 0 radical (unpaired) electrons. The number of hydrogen-bond acceptors (Lipinski definition) is 3. The van der Waals surface area contributed by atoms with Crippen LogP contribution in [-0.4, -0.2) is 22.0 Å². The highest BCUT2D eigenvalue weighted by Crippen LogP contribution is 2.27. The van der Waals surface area contributed by atoms with Crippen LogP contribution in [0.4, 0.5) is 10.1 Å². The Labute approximate surface area is 176 Å². The highest BCUT2D eigenvalue weighted by Gasteiger charge is 2.13. The van der Waals surface area contributed by atoms with Crippen LogP contribution >= 0.6 is 11.6 Å². The molecular formula is C22H19ClFN3O3. The molecular weight excluding hydrogens is 409 g/mol. The Morgan fingerprint density at radius 1 is 1.13 bits per heavy atom. The lowest BCUT2D eigenvalue weighted by Crippen LogP contribution is -2.23. The van der Waals surface area contributed by atoms with Crippen LogP contribution < -0.4 is 15.6 Å². The van der Waals surface area contributed by atoms with Gasteiger partial charge in [0.25, 0.3) is 5.56 Å². The summed E-state index contributed by atoms with van der Waals surface area (Å²) < 4.78 is 22.3. The molecule has 0 spiro atoms. The summed E-state index contributed by atoms with van der Waals surface area (Å²) in [5, 5.41) is 3.25. The van der Waals surface area contributed by atoms with Gasteiger partial charge in [0.1, 0.15) is 17.1 Å². The van der Waals surface area contributed by atoms with Gasteiger partial charge in [-0.3, -0.25) is 9.59 Å². The van der Waals surface area contributed by atoms with E-state index in [1.165, 1.54) is 23.8 Å². The number of aromatic nitrogens is 2. The Morgan fingerprint density at radius 2 is 1.97 bits per heavy atom. The topological polar surface area (TPSA) is 64.7 Å². The third-order valence-electron chi connectivity index (χ3n) is 4.92. The molecule has 0 bridgehead atoms. The molecule has 4 rings (SSSR count). The zero-order valence-electron chi connectivity index (χ0n) is 16.2. The van der Waals surface area contributed by atoms with E-state index in [1.54, 1.807) is 47.0 Å². The largest absolute Gasteiger partial charge is 0.495 e. The van der Waals surface area contributed by atoms with Gasteiger partial charge in [0.05, 0.1) is 23.8 Å². The lowest BCUT2D eigenvalue weighted by Gasteiger charge is -2.13. The molecule has 2 aromatic carbocycles. The summed E-state index contributed by atoms with van der Waals surface area (Å²) in [7, 11) is 1.51. The number of halogens is 2. The smallest absolute Gasteiger partial charge is 0.275 e. The number of carbonyl (C=O) groups is 1. The lowest BCUT2D eigenvalue weighted by molar-refractivity contribution is -0.116. The minimum absolute atomic E-state index is 0.172. The highest BCUT2D eigenvalue weighted by molar-refractivity contribution is 6.31. The Hall–Kier alpha value is -3.32. The van der Waals surface area contributed by atoms with Crippen LogP contribution in [-0.2, 0) is 11.3 Å². The molecule has 0 saturated carbocycles. The summed E-state index contributed by atoms with van der Waals surface area (Å²) in [4.78, 5) is 25.3. The number of hydrogen-bond donors (Lipinski definition) is 1. The number of aryl methyl sites for hydroxylation is 1. The molecule has 1 N–H and O–H groups in total. The number of carbonyl (C=O) groups excluding carboxylic acids is 1. The second-order valence-electron chi connectivity index (χ2n) is 6.85. The molecule has 0 aliphatic rings. The molecule has 2 aromatic heterocycles. The number of nitrogens with one attached hydrogen (secondary N) is 1. The fraction of sp³-hybridized carbons (Fsp3) is 0.182. The molecule has 154 valence electrons. The second-order valence-corrected chi connectivity index (χ2v) is 7.29. The number of methoxy groups -OCH3 is 1. The third kappa shape index (κ3) is 3.76. The van der Waals surface area contributed by atoms with E-state index in [9.17, 15) is 14.0 Å². The fourth-order valence-corrected chi connectivity index (χ4v) is 3.71. The van der Waals surface area contributed by atoms with Gasteiger partial charge >= 0.3 is 0 Å². The lowest BCUT2D eigenvalue weighted by atomic mass is 10.2. The first-order chi connectivity index (χ1) is 14.5. The van der Waals surface area contributed by atoms with Crippen molar-refractivity contribution in [3.05, 3.63) is 75.9 Å². The van der Waals surface area contributed by atoms with Gasteiger partial charge in [-0.1, -0.05) is 11.6 Å². The molecule has 0 aliphatic carbocycles. The zero-order chi connectivity index (χ0) is 21.3. The van der Waals surface area contributed by atoms with Gasteiger partial charge in [0, 0.05) is 24.2 Å². The summed E-state index contributed by atoms with van der Waals surface area (Å²) in [6, 6.07) is 12.8. The van der Waals surface area contributed by atoms with E-state index in [2.05, 4.69) is 5.32 Å². The first kappa shape index (κ1) is 20.0. The molecule has 0 atom stereocenters. The monoisotopic (exact) mass is 427 g/mol. The van der Waals surface area contributed by atoms with Gasteiger partial charge in [0.15, 0.2) is 0 Å². The van der Waals surface area contributed by atoms with Crippen LogP contribution in [0.25, 0.3) is 16.6 Å². The SMILES string of the molecule is COc1ccc(Cl)cc1NC(=O)CCCn1c(=O)c2cccn2c2ccc(F)cc21. The van der Waals surface area contributed by atoms with Crippen molar-refractivity contribution >= 4 is 39.7 Å². The number of amides is 1. The van der Waals surface area contributed by atoms with E-state index in [0.29, 0.717) is 33.9 Å². The summed E-state index contributed by atoms with van der Waals surface area (Å²) in [6.45, 7) is 0.278. The molecule has 6 nitrogen and oxygen atoms in total. The summed E-state index contributed by atoms with van der Waals surface area (Å²) in [6.07, 6.45) is 2.34. The highest BCUT2D eigenvalue weighted by atomic mass is 35.5. The third-order valence-corrected chi connectivity index (χ3v) is 5.16. The maximum Gasteiger partial charge on any atom is 0.275 e. The maximum absolute atomic E-state index is 13.9. The van der Waals surface area contributed by atoms with Crippen LogP contribution in [0.5, 0.6) is 5.75 Å². The fourth-order valence-electron chi connectivity index (χ4n) is 3.54. The minimum atomic E-state index is -0.423. The van der Waals surface area contributed by atoms with Crippen LogP contribution in [0.1, 0.15) is 12.8 Å². The summed E-state index contributed by atoms with van der Waals surface area (Å²) >= 11 is 5.99. The number of nitrogens with zero attached hydrogens (tertiary/aromatic N) is 2. The molecule has 0 unspecified atom stereocenters. The number of anilines is 1. The van der Waals surface area contributed by atoms with Gasteiger partial charge in [0.2, 0.25) is 5.91 Å². The van der Waals surface area contributed by atoms with Crippen LogP contribution in [0.3, 0.4) is 0 Å². The predicted molar refractivity (Wildman–Crippen MR) is 115 cm³/mol. The number of fused-ring (bicyclic) bond motifs is 3. The van der Waals surface area contributed by atoms with E-state index in [-0.39, 0.29) is 24.4 Å². The summed E-state index contributed by atoms with van der Waals surface area (Å²) in [5.74, 6) is -0.153. The van der Waals surface area contributed by atoms with Crippen molar-refractivity contribution in [1.82, 2.24) is 8.97 Å². The van der Waals surface area contributed by atoms with Crippen LogP contribution in [0.15, 0.2) is 59.5 Å².